The Morgan fingerprint density at radius 2 is 2.06 bits per heavy atom. The topological polar surface area (TPSA) is 12.0 Å². The molecular weight excluding hydrogens is 330 g/mol. The summed E-state index contributed by atoms with van der Waals surface area (Å²) < 4.78 is 37.8. The van der Waals surface area contributed by atoms with Crippen LogP contribution in [-0.2, 0) is 6.18 Å². The molecule has 0 spiro atoms. The quantitative estimate of drug-likeness (QED) is 0.768. The lowest BCUT2D eigenvalue weighted by atomic mass is 10.2. The largest absolute Gasteiger partial charge is 0.416 e. The average Bonchev–Trinajstić information content (AvgIpc) is 3.09. The fourth-order valence-corrected chi connectivity index (χ4v) is 2.51. The molecule has 100 valence electrons. The minimum absolute atomic E-state index is 0.0409. The van der Waals surface area contributed by atoms with Gasteiger partial charge in [-0.05, 0) is 52.9 Å². The molecule has 1 aromatic carbocycles. The monoisotopic (exact) mass is 341 g/mol. The van der Waals surface area contributed by atoms with Crippen LogP contribution < -0.4 is 5.32 Å². The zero-order valence-corrected chi connectivity index (χ0v) is 11.7. The Labute approximate surface area is 117 Å². The van der Waals surface area contributed by atoms with Gasteiger partial charge in [0, 0.05) is 16.7 Å². The van der Waals surface area contributed by atoms with Gasteiger partial charge in [-0.3, -0.25) is 0 Å². The molecule has 1 aromatic rings. The van der Waals surface area contributed by atoms with Crippen LogP contribution in [-0.4, -0.2) is 11.9 Å². The molecule has 0 aromatic heterocycles. The van der Waals surface area contributed by atoms with Gasteiger partial charge in [0.15, 0.2) is 0 Å². The van der Waals surface area contributed by atoms with Crippen molar-refractivity contribution >= 4 is 33.2 Å². The highest BCUT2D eigenvalue weighted by molar-refractivity contribution is 9.10. The smallest absolute Gasteiger partial charge is 0.383 e. The number of nitrogens with one attached hydrogen (secondary N) is 1. The Kier molecular flexibility index (Phi) is 4.11. The third kappa shape index (κ3) is 3.54. The molecule has 1 nitrogen and oxygen atoms in total. The maximum atomic E-state index is 12.5. The molecule has 0 radical (unpaired) electrons. The second-order valence-corrected chi connectivity index (χ2v) is 5.84. The second-order valence-electron chi connectivity index (χ2n) is 4.43. The first-order valence-corrected chi connectivity index (χ1v) is 6.85. The van der Waals surface area contributed by atoms with E-state index in [0.29, 0.717) is 22.6 Å². The van der Waals surface area contributed by atoms with E-state index in [4.69, 9.17) is 11.6 Å². The predicted octanol–water partition coefficient (Wildman–Crippen LogP) is 4.90. The van der Waals surface area contributed by atoms with E-state index in [-0.39, 0.29) is 5.38 Å². The third-order valence-corrected chi connectivity index (χ3v) is 4.08. The summed E-state index contributed by atoms with van der Waals surface area (Å²) >= 11 is 9.26. The van der Waals surface area contributed by atoms with Gasteiger partial charge in [-0.1, -0.05) is 0 Å². The Morgan fingerprint density at radius 3 is 2.56 bits per heavy atom. The number of benzene rings is 1. The molecule has 1 saturated carbocycles. The van der Waals surface area contributed by atoms with Gasteiger partial charge >= 0.3 is 6.18 Å². The number of hydrogen-bond donors (Lipinski definition) is 1. The van der Waals surface area contributed by atoms with Crippen LogP contribution in [0.4, 0.5) is 18.9 Å². The first-order valence-electron chi connectivity index (χ1n) is 5.62. The maximum absolute atomic E-state index is 12.5. The number of halogens is 5. The van der Waals surface area contributed by atoms with E-state index in [1.807, 2.05) is 0 Å². The molecule has 1 unspecified atom stereocenters. The van der Waals surface area contributed by atoms with Crippen LogP contribution in [0.15, 0.2) is 22.7 Å². The summed E-state index contributed by atoms with van der Waals surface area (Å²) in [6.07, 6.45) is -2.03. The fraction of sp³-hybridized carbons (Fsp3) is 0.500. The van der Waals surface area contributed by atoms with Crippen LogP contribution in [0.5, 0.6) is 0 Å². The van der Waals surface area contributed by atoms with Crippen LogP contribution in [0.1, 0.15) is 18.4 Å². The Balaban J connectivity index is 2.00. The van der Waals surface area contributed by atoms with E-state index in [0.717, 1.165) is 25.0 Å². The lowest BCUT2D eigenvalue weighted by Gasteiger charge is -2.14. The second kappa shape index (κ2) is 5.29. The summed E-state index contributed by atoms with van der Waals surface area (Å²) in [5, 5.41) is 3.11. The zero-order chi connectivity index (χ0) is 13.3. The van der Waals surface area contributed by atoms with E-state index in [1.165, 1.54) is 6.07 Å². The summed E-state index contributed by atoms with van der Waals surface area (Å²) in [6, 6.07) is 3.56. The molecule has 1 aliphatic rings. The summed E-state index contributed by atoms with van der Waals surface area (Å²) in [4.78, 5) is 0. The van der Waals surface area contributed by atoms with Gasteiger partial charge in [-0.2, -0.15) is 13.2 Å². The van der Waals surface area contributed by atoms with Crippen LogP contribution in [0.3, 0.4) is 0 Å². The van der Waals surface area contributed by atoms with Gasteiger partial charge in [0.05, 0.1) is 10.9 Å². The molecule has 18 heavy (non-hydrogen) atoms. The molecule has 2 rings (SSSR count). The zero-order valence-electron chi connectivity index (χ0n) is 9.40. The van der Waals surface area contributed by atoms with Crippen molar-refractivity contribution in [2.45, 2.75) is 24.4 Å². The standard InChI is InChI=1S/C12H12BrClF3N/c13-9-5-8(12(15,16)17)3-4-11(9)18-6-10(14)7-1-2-7/h3-5,7,10,18H,1-2,6H2. The fourth-order valence-electron chi connectivity index (χ4n) is 1.67. The van der Waals surface area contributed by atoms with E-state index in [9.17, 15) is 13.2 Å². The molecule has 1 fully saturated rings. The molecular formula is C12H12BrClF3N. The average molecular weight is 343 g/mol. The van der Waals surface area contributed by atoms with Crippen molar-refractivity contribution in [3.63, 3.8) is 0 Å². The minimum Gasteiger partial charge on any atom is -0.383 e. The Morgan fingerprint density at radius 1 is 1.39 bits per heavy atom. The highest BCUT2D eigenvalue weighted by Crippen LogP contribution is 2.37. The molecule has 1 atom stereocenters. The number of hydrogen-bond acceptors (Lipinski definition) is 1. The normalized spacial score (nSPS) is 17.6. The van der Waals surface area contributed by atoms with E-state index in [2.05, 4.69) is 21.2 Å². The molecule has 0 saturated heterocycles. The molecule has 6 heteroatoms. The van der Waals surface area contributed by atoms with Gasteiger partial charge < -0.3 is 5.32 Å². The number of rotatable bonds is 4. The van der Waals surface area contributed by atoms with Crippen molar-refractivity contribution < 1.29 is 13.2 Å². The summed E-state index contributed by atoms with van der Waals surface area (Å²) in [6.45, 7) is 0.566. The lowest BCUT2D eigenvalue weighted by molar-refractivity contribution is -0.137. The highest BCUT2D eigenvalue weighted by Gasteiger charge is 2.31. The maximum Gasteiger partial charge on any atom is 0.416 e. The highest BCUT2D eigenvalue weighted by atomic mass is 79.9. The minimum atomic E-state index is -4.32. The van der Waals surface area contributed by atoms with Crippen molar-refractivity contribution in [1.29, 1.82) is 0 Å². The summed E-state index contributed by atoms with van der Waals surface area (Å²) in [5.74, 6) is 0.549. The van der Waals surface area contributed by atoms with Gasteiger partial charge in [0.2, 0.25) is 0 Å². The number of alkyl halides is 4. The van der Waals surface area contributed by atoms with E-state index < -0.39 is 11.7 Å². The SMILES string of the molecule is FC(F)(F)c1ccc(NCC(Cl)C2CC2)c(Br)c1. The summed E-state index contributed by atoms with van der Waals surface area (Å²) in [7, 11) is 0. The van der Waals surface area contributed by atoms with Crippen LogP contribution in [0, 0.1) is 5.92 Å². The summed E-state index contributed by atoms with van der Waals surface area (Å²) in [5.41, 5.74) is -0.0289. The molecule has 1 aliphatic carbocycles. The van der Waals surface area contributed by atoms with Gasteiger partial charge in [-0.25, -0.2) is 0 Å². The molecule has 0 aliphatic heterocycles. The van der Waals surface area contributed by atoms with Crippen LogP contribution >= 0.6 is 27.5 Å². The third-order valence-electron chi connectivity index (χ3n) is 2.92. The van der Waals surface area contributed by atoms with Crippen molar-refractivity contribution in [2.75, 3.05) is 11.9 Å². The Bertz CT molecular complexity index is 432. The van der Waals surface area contributed by atoms with Crippen LogP contribution in [0.25, 0.3) is 0 Å². The molecule has 0 heterocycles. The van der Waals surface area contributed by atoms with Gasteiger partial charge in [0.1, 0.15) is 0 Å². The first kappa shape index (κ1) is 14.0. The van der Waals surface area contributed by atoms with Crippen LogP contribution in [0.2, 0.25) is 0 Å². The predicted molar refractivity (Wildman–Crippen MR) is 70.0 cm³/mol. The number of anilines is 1. The van der Waals surface area contributed by atoms with Crippen molar-refractivity contribution in [1.82, 2.24) is 0 Å². The van der Waals surface area contributed by atoms with Crippen molar-refractivity contribution in [2.24, 2.45) is 5.92 Å². The van der Waals surface area contributed by atoms with Gasteiger partial charge in [0.25, 0.3) is 0 Å². The van der Waals surface area contributed by atoms with E-state index in [1.54, 1.807) is 0 Å². The molecule has 0 bridgehead atoms. The van der Waals surface area contributed by atoms with Crippen molar-refractivity contribution in [3.05, 3.63) is 28.2 Å². The Hall–Kier alpha value is -0.420. The van der Waals surface area contributed by atoms with Crippen molar-refractivity contribution in [3.8, 4) is 0 Å². The lowest BCUT2D eigenvalue weighted by Crippen LogP contribution is -2.16. The van der Waals surface area contributed by atoms with Gasteiger partial charge in [-0.15, -0.1) is 11.6 Å². The molecule has 0 amide bonds. The first-order chi connectivity index (χ1) is 8.38. The molecule has 1 N–H and O–H groups in total. The van der Waals surface area contributed by atoms with E-state index >= 15 is 0 Å².